The van der Waals surface area contributed by atoms with Crippen LogP contribution in [0, 0.1) is 5.92 Å². The molecule has 0 bridgehead atoms. The highest BCUT2D eigenvalue weighted by Gasteiger charge is 2.41. The van der Waals surface area contributed by atoms with Crippen molar-refractivity contribution >= 4 is 8.32 Å². The summed E-state index contributed by atoms with van der Waals surface area (Å²) in [5.74, 6) is 0.598. The number of nitrogens with zero attached hydrogens (tertiary/aromatic N) is 1. The van der Waals surface area contributed by atoms with Gasteiger partial charge in [0.2, 0.25) is 0 Å². The molecule has 0 aliphatic carbocycles. The highest BCUT2D eigenvalue weighted by molar-refractivity contribution is 6.74. The Morgan fingerprint density at radius 1 is 0.711 bits per heavy atom. The summed E-state index contributed by atoms with van der Waals surface area (Å²) in [7, 11) is -2.02. The van der Waals surface area contributed by atoms with Gasteiger partial charge >= 0.3 is 0 Å². The number of benzene rings is 3. The second kappa shape index (κ2) is 14.2. The molecule has 0 aliphatic rings. The lowest BCUT2D eigenvalue weighted by Crippen LogP contribution is -2.55. The van der Waals surface area contributed by atoms with Crippen molar-refractivity contribution in [2.75, 3.05) is 13.1 Å². The van der Waals surface area contributed by atoms with Crippen LogP contribution >= 0.6 is 0 Å². The fourth-order valence-corrected chi connectivity index (χ4v) is 5.95. The molecule has 0 spiro atoms. The van der Waals surface area contributed by atoms with Crippen LogP contribution in [0.4, 0.5) is 0 Å². The normalized spacial score (nSPS) is 14.1. The van der Waals surface area contributed by atoms with Crippen LogP contribution < -0.4 is 5.32 Å². The van der Waals surface area contributed by atoms with Gasteiger partial charge in [0.05, 0.1) is 6.10 Å². The van der Waals surface area contributed by atoms with Gasteiger partial charge in [0.15, 0.2) is 8.32 Å². The summed E-state index contributed by atoms with van der Waals surface area (Å²) in [6.07, 6.45) is 1.02. The molecule has 0 fully saturated rings. The molecular formula is C34H50N2OSi. The monoisotopic (exact) mass is 530 g/mol. The van der Waals surface area contributed by atoms with Crippen molar-refractivity contribution in [3.8, 4) is 0 Å². The van der Waals surface area contributed by atoms with E-state index in [-0.39, 0.29) is 17.2 Å². The molecule has 0 radical (unpaired) electrons. The Kier molecular flexibility index (Phi) is 11.3. The van der Waals surface area contributed by atoms with Crippen LogP contribution in [0.3, 0.4) is 0 Å². The van der Waals surface area contributed by atoms with Crippen molar-refractivity contribution in [3.63, 3.8) is 0 Å². The van der Waals surface area contributed by atoms with Crippen molar-refractivity contribution in [2.45, 2.75) is 84.4 Å². The van der Waals surface area contributed by atoms with Crippen molar-refractivity contribution in [1.82, 2.24) is 10.2 Å². The maximum atomic E-state index is 7.31. The molecule has 0 amide bonds. The van der Waals surface area contributed by atoms with E-state index < -0.39 is 8.32 Å². The topological polar surface area (TPSA) is 24.5 Å². The third-order valence-corrected chi connectivity index (χ3v) is 12.3. The lowest BCUT2D eigenvalue weighted by atomic mass is 9.97. The first kappa shape index (κ1) is 30.3. The van der Waals surface area contributed by atoms with Gasteiger partial charge in [-0.3, -0.25) is 4.90 Å². The van der Waals surface area contributed by atoms with E-state index >= 15 is 0 Å². The molecule has 2 atom stereocenters. The van der Waals surface area contributed by atoms with Crippen molar-refractivity contribution < 1.29 is 4.43 Å². The van der Waals surface area contributed by atoms with Crippen molar-refractivity contribution in [3.05, 3.63) is 108 Å². The van der Waals surface area contributed by atoms with Gasteiger partial charge in [-0.2, -0.15) is 0 Å². The molecule has 3 aromatic carbocycles. The van der Waals surface area contributed by atoms with E-state index in [0.29, 0.717) is 5.92 Å². The molecule has 3 rings (SSSR count). The zero-order chi connectivity index (χ0) is 27.6. The lowest BCUT2D eigenvalue weighted by molar-refractivity contribution is 0.0461. The first-order chi connectivity index (χ1) is 18.0. The van der Waals surface area contributed by atoms with Gasteiger partial charge < -0.3 is 9.74 Å². The maximum absolute atomic E-state index is 7.31. The van der Waals surface area contributed by atoms with Gasteiger partial charge in [0, 0.05) is 25.7 Å². The molecule has 1 N–H and O–H groups in total. The summed E-state index contributed by atoms with van der Waals surface area (Å²) < 4.78 is 7.31. The largest absolute Gasteiger partial charge is 0.411 e. The average Bonchev–Trinajstić information content (AvgIpc) is 2.87. The van der Waals surface area contributed by atoms with E-state index in [1.165, 1.54) is 16.7 Å². The summed E-state index contributed by atoms with van der Waals surface area (Å²) in [5, 5.41) is 3.92. The van der Waals surface area contributed by atoms with E-state index in [1.807, 2.05) is 0 Å². The smallest absolute Gasteiger partial charge is 0.192 e. The molecule has 3 aromatic rings. The molecule has 0 unspecified atom stereocenters. The first-order valence-corrected chi connectivity index (χ1v) is 17.2. The summed E-state index contributed by atoms with van der Waals surface area (Å²) in [6, 6.07) is 33.0. The summed E-state index contributed by atoms with van der Waals surface area (Å²) in [6.45, 7) is 20.0. The van der Waals surface area contributed by atoms with E-state index in [2.05, 4.69) is 149 Å². The van der Waals surface area contributed by atoms with E-state index in [9.17, 15) is 0 Å². The van der Waals surface area contributed by atoms with Crippen molar-refractivity contribution in [2.24, 2.45) is 5.92 Å². The summed E-state index contributed by atoms with van der Waals surface area (Å²) >= 11 is 0. The minimum Gasteiger partial charge on any atom is -0.411 e. The Bertz CT molecular complexity index is 1010. The van der Waals surface area contributed by atoms with Crippen LogP contribution in [0.15, 0.2) is 91.0 Å². The molecule has 0 saturated carbocycles. The first-order valence-electron chi connectivity index (χ1n) is 14.3. The zero-order valence-electron chi connectivity index (χ0n) is 24.8. The third kappa shape index (κ3) is 9.50. The Morgan fingerprint density at radius 3 is 1.58 bits per heavy atom. The van der Waals surface area contributed by atoms with E-state index in [0.717, 1.165) is 32.6 Å². The van der Waals surface area contributed by atoms with Gasteiger partial charge in [-0.05, 0) is 53.7 Å². The Morgan fingerprint density at radius 2 is 1.16 bits per heavy atom. The second-order valence-electron chi connectivity index (χ2n) is 12.6. The molecule has 0 heterocycles. The van der Waals surface area contributed by atoms with Crippen LogP contribution in [0.25, 0.3) is 0 Å². The SMILES string of the molecule is CC(C)CNC[C@@H](O[Si](C)(C)C(C)(C)C)[C@H](Cc1ccccc1)N(Cc1ccccc1)Cc1ccccc1. The van der Waals surface area contributed by atoms with Gasteiger partial charge in [0.25, 0.3) is 0 Å². The number of hydrogen-bond donors (Lipinski definition) is 1. The highest BCUT2D eigenvalue weighted by Crippen LogP contribution is 2.38. The molecule has 0 aromatic heterocycles. The Balaban J connectivity index is 2.04. The number of nitrogens with one attached hydrogen (secondary N) is 1. The Hall–Kier alpha value is -2.24. The number of rotatable bonds is 14. The molecule has 0 saturated heterocycles. The van der Waals surface area contributed by atoms with Gasteiger partial charge in [-0.15, -0.1) is 0 Å². The lowest BCUT2D eigenvalue weighted by Gasteiger charge is -2.44. The maximum Gasteiger partial charge on any atom is 0.192 e. The van der Waals surface area contributed by atoms with Gasteiger partial charge in [-0.1, -0.05) is 126 Å². The molecule has 4 heteroatoms. The summed E-state index contributed by atoms with van der Waals surface area (Å²) in [5.41, 5.74) is 4.03. The van der Waals surface area contributed by atoms with E-state index in [1.54, 1.807) is 0 Å². The third-order valence-electron chi connectivity index (χ3n) is 7.79. The molecule has 206 valence electrons. The quantitative estimate of drug-likeness (QED) is 0.214. The fourth-order valence-electron chi connectivity index (χ4n) is 4.60. The predicted molar refractivity (Wildman–Crippen MR) is 166 cm³/mol. The van der Waals surface area contributed by atoms with Crippen LogP contribution in [-0.2, 0) is 23.9 Å². The second-order valence-corrected chi connectivity index (χ2v) is 17.4. The highest BCUT2D eigenvalue weighted by atomic mass is 28.4. The zero-order valence-corrected chi connectivity index (χ0v) is 25.8. The molecule has 38 heavy (non-hydrogen) atoms. The molecular weight excluding hydrogens is 480 g/mol. The molecule has 3 nitrogen and oxygen atoms in total. The minimum absolute atomic E-state index is 0.0715. The average molecular weight is 531 g/mol. The van der Waals surface area contributed by atoms with Gasteiger partial charge in [-0.25, -0.2) is 0 Å². The number of hydrogen-bond acceptors (Lipinski definition) is 3. The van der Waals surface area contributed by atoms with Crippen LogP contribution in [0.2, 0.25) is 18.1 Å². The Labute approximate surface area is 233 Å². The molecule has 0 aliphatic heterocycles. The summed E-state index contributed by atoms with van der Waals surface area (Å²) in [4.78, 5) is 2.66. The fraction of sp³-hybridized carbons (Fsp3) is 0.471. The minimum atomic E-state index is -2.02. The predicted octanol–water partition coefficient (Wildman–Crippen LogP) is 7.94. The van der Waals surface area contributed by atoms with Crippen LogP contribution in [0.5, 0.6) is 0 Å². The van der Waals surface area contributed by atoms with Gasteiger partial charge in [0.1, 0.15) is 0 Å². The van der Waals surface area contributed by atoms with E-state index in [4.69, 9.17) is 4.43 Å². The van der Waals surface area contributed by atoms with Crippen molar-refractivity contribution in [1.29, 1.82) is 0 Å². The van der Waals surface area contributed by atoms with Crippen LogP contribution in [-0.4, -0.2) is 38.5 Å². The standard InChI is InChI=1S/C34H50N2OSi/c1-28(2)24-35-25-33(37-38(6,7)34(3,4)5)32(23-29-17-11-8-12-18-29)36(26-30-19-13-9-14-20-30)27-31-21-15-10-16-22-31/h8-22,28,32-33,35H,23-27H2,1-7H3/t32-,33+/m0/s1. The van der Waals surface area contributed by atoms with Crippen LogP contribution in [0.1, 0.15) is 51.3 Å².